The maximum absolute atomic E-state index is 12.0. The lowest BCUT2D eigenvalue weighted by atomic mass is 9.78. The van der Waals surface area contributed by atoms with Crippen LogP contribution in [0.15, 0.2) is 10.4 Å². The third kappa shape index (κ3) is 4.11. The smallest absolute Gasteiger partial charge is 0.230 e. The van der Waals surface area contributed by atoms with E-state index in [1.807, 2.05) is 0 Å². The molecule has 1 aromatic rings. The highest BCUT2D eigenvalue weighted by Crippen LogP contribution is 2.30. The van der Waals surface area contributed by atoms with Gasteiger partial charge >= 0.3 is 0 Å². The molecule has 3 unspecified atom stereocenters. The highest BCUT2D eigenvalue weighted by molar-refractivity contribution is 8.01. The fraction of sp³-hybridized carbons (Fsp3) is 0.692. The van der Waals surface area contributed by atoms with Crippen molar-refractivity contribution in [3.63, 3.8) is 0 Å². The van der Waals surface area contributed by atoms with Crippen LogP contribution in [-0.4, -0.2) is 22.7 Å². The molecule has 0 spiro atoms. The number of hydrogen-bond acceptors (Lipinski definition) is 5. The molecule has 0 radical (unpaired) electrons. The number of thioether (sulfide) groups is 1. The lowest BCUT2D eigenvalue weighted by Crippen LogP contribution is -2.44. The minimum absolute atomic E-state index is 0.114. The number of hydrogen-bond donors (Lipinski definition) is 2. The van der Waals surface area contributed by atoms with E-state index in [1.165, 1.54) is 35.9 Å². The molecule has 3 atom stereocenters. The Kier molecular flexibility index (Phi) is 5.10. The molecule has 1 heterocycles. The van der Waals surface area contributed by atoms with Crippen molar-refractivity contribution in [2.24, 2.45) is 11.8 Å². The maximum atomic E-state index is 12.0. The molecule has 106 valence electrons. The third-order valence-corrected chi connectivity index (χ3v) is 5.92. The summed E-state index contributed by atoms with van der Waals surface area (Å²) in [5.41, 5.74) is 5.56. The summed E-state index contributed by atoms with van der Waals surface area (Å²) in [6.07, 6.45) is 5.33. The van der Waals surface area contributed by atoms with Gasteiger partial charge in [-0.05, 0) is 18.3 Å². The van der Waals surface area contributed by atoms with Gasteiger partial charge in [0, 0.05) is 6.04 Å². The van der Waals surface area contributed by atoms with Gasteiger partial charge in [-0.15, -0.1) is 11.8 Å². The first-order valence-electron chi connectivity index (χ1n) is 6.69. The predicted molar refractivity (Wildman–Crippen MR) is 81.4 cm³/mol. The Bertz CT molecular complexity index is 435. The van der Waals surface area contributed by atoms with E-state index in [0.29, 0.717) is 28.8 Å². The number of amides is 1. The van der Waals surface area contributed by atoms with Crippen molar-refractivity contribution >= 4 is 34.1 Å². The zero-order chi connectivity index (χ0) is 13.8. The largest absolute Gasteiger partial charge is 0.375 e. The molecule has 4 nitrogen and oxygen atoms in total. The number of aromatic nitrogens is 1. The Balaban J connectivity index is 1.77. The van der Waals surface area contributed by atoms with Gasteiger partial charge in [0.05, 0.1) is 16.2 Å². The van der Waals surface area contributed by atoms with Crippen LogP contribution in [0.3, 0.4) is 0 Å². The second-order valence-electron chi connectivity index (χ2n) is 5.25. The number of nitrogens with one attached hydrogen (secondary N) is 1. The van der Waals surface area contributed by atoms with Crippen LogP contribution in [0.2, 0.25) is 0 Å². The quantitative estimate of drug-likeness (QED) is 0.839. The molecular formula is C13H21N3OS2. The van der Waals surface area contributed by atoms with Crippen LogP contribution in [0.4, 0.5) is 5.13 Å². The van der Waals surface area contributed by atoms with Crippen LogP contribution in [0.25, 0.3) is 0 Å². The van der Waals surface area contributed by atoms with Gasteiger partial charge in [-0.2, -0.15) is 0 Å². The summed E-state index contributed by atoms with van der Waals surface area (Å²) in [7, 11) is 0. The van der Waals surface area contributed by atoms with Crippen molar-refractivity contribution in [2.45, 2.75) is 43.4 Å². The molecular weight excluding hydrogens is 278 g/mol. The molecule has 19 heavy (non-hydrogen) atoms. The summed E-state index contributed by atoms with van der Waals surface area (Å²) in [6, 6.07) is 0.336. The number of carbonyl (C=O) groups excluding carboxylic acids is 1. The first-order valence-corrected chi connectivity index (χ1v) is 8.50. The van der Waals surface area contributed by atoms with Gasteiger partial charge in [0.2, 0.25) is 5.91 Å². The number of nitrogens with two attached hydrogens (primary N) is 1. The summed E-state index contributed by atoms with van der Waals surface area (Å²) in [4.78, 5) is 15.9. The Hall–Kier alpha value is -0.750. The van der Waals surface area contributed by atoms with E-state index in [2.05, 4.69) is 24.1 Å². The van der Waals surface area contributed by atoms with E-state index >= 15 is 0 Å². The molecule has 6 heteroatoms. The van der Waals surface area contributed by atoms with E-state index in [4.69, 9.17) is 5.73 Å². The molecule has 1 aromatic heterocycles. The number of rotatable bonds is 4. The number of anilines is 1. The minimum atomic E-state index is 0.114. The zero-order valence-electron chi connectivity index (χ0n) is 11.4. The van der Waals surface area contributed by atoms with Gasteiger partial charge in [0.25, 0.3) is 0 Å². The molecule has 1 aliphatic carbocycles. The molecule has 2 rings (SSSR count). The van der Waals surface area contributed by atoms with Gasteiger partial charge in [-0.25, -0.2) is 4.98 Å². The summed E-state index contributed by atoms with van der Waals surface area (Å²) in [6.45, 7) is 4.52. The summed E-state index contributed by atoms with van der Waals surface area (Å²) in [5.74, 6) is 1.83. The maximum Gasteiger partial charge on any atom is 0.230 e. The van der Waals surface area contributed by atoms with Crippen LogP contribution < -0.4 is 11.1 Å². The van der Waals surface area contributed by atoms with Crippen LogP contribution in [0.5, 0.6) is 0 Å². The van der Waals surface area contributed by atoms with Gasteiger partial charge in [0.15, 0.2) is 5.13 Å². The second-order valence-corrected chi connectivity index (χ2v) is 7.59. The normalized spacial score (nSPS) is 27.2. The summed E-state index contributed by atoms with van der Waals surface area (Å²) in [5, 5.41) is 3.72. The first kappa shape index (κ1) is 14.7. The molecule has 1 fully saturated rings. The summed E-state index contributed by atoms with van der Waals surface area (Å²) < 4.78 is 0.998. The Morgan fingerprint density at radius 3 is 3.05 bits per heavy atom. The molecule has 3 N–H and O–H groups in total. The van der Waals surface area contributed by atoms with Crippen molar-refractivity contribution in [3.05, 3.63) is 6.20 Å². The van der Waals surface area contributed by atoms with E-state index in [1.54, 1.807) is 6.20 Å². The topological polar surface area (TPSA) is 68.0 Å². The van der Waals surface area contributed by atoms with Crippen molar-refractivity contribution in [1.29, 1.82) is 0 Å². The van der Waals surface area contributed by atoms with Crippen LogP contribution in [0.1, 0.15) is 33.1 Å². The first-order chi connectivity index (χ1) is 9.06. The number of carbonyl (C=O) groups is 1. The van der Waals surface area contributed by atoms with Crippen LogP contribution >= 0.6 is 23.1 Å². The Morgan fingerprint density at radius 2 is 2.37 bits per heavy atom. The monoisotopic (exact) mass is 299 g/mol. The van der Waals surface area contributed by atoms with Gasteiger partial charge in [-0.1, -0.05) is 38.0 Å². The lowest BCUT2D eigenvalue weighted by Gasteiger charge is -2.34. The number of thiazole rings is 1. The molecule has 1 amide bonds. The van der Waals surface area contributed by atoms with E-state index in [9.17, 15) is 4.79 Å². The molecule has 0 aromatic carbocycles. The average Bonchev–Trinajstić information content (AvgIpc) is 2.78. The van der Waals surface area contributed by atoms with Crippen LogP contribution in [-0.2, 0) is 4.79 Å². The standard InChI is InChI=1S/C13H21N3OS2/c1-8-4-3-5-10(9(8)2)16-11(17)7-18-12-6-15-13(14)19-12/h6,8-10H,3-5,7H2,1-2H3,(H2,14,15)(H,16,17). The van der Waals surface area contributed by atoms with Crippen molar-refractivity contribution in [2.75, 3.05) is 11.5 Å². The molecule has 1 aliphatic rings. The summed E-state index contributed by atoms with van der Waals surface area (Å²) >= 11 is 2.93. The van der Waals surface area contributed by atoms with E-state index < -0.39 is 0 Å². The molecule has 1 saturated carbocycles. The van der Waals surface area contributed by atoms with Crippen molar-refractivity contribution in [1.82, 2.24) is 10.3 Å². The molecule has 0 aliphatic heterocycles. The highest BCUT2D eigenvalue weighted by Gasteiger charge is 2.27. The van der Waals surface area contributed by atoms with Crippen molar-refractivity contribution < 1.29 is 4.79 Å². The van der Waals surface area contributed by atoms with Gasteiger partial charge < -0.3 is 11.1 Å². The molecule has 0 saturated heterocycles. The Morgan fingerprint density at radius 1 is 1.58 bits per heavy atom. The second kappa shape index (κ2) is 6.61. The Labute approximate surface area is 122 Å². The van der Waals surface area contributed by atoms with E-state index in [0.717, 1.165) is 10.6 Å². The van der Waals surface area contributed by atoms with Gasteiger partial charge in [0.1, 0.15) is 0 Å². The van der Waals surface area contributed by atoms with Crippen LogP contribution in [0, 0.1) is 11.8 Å². The zero-order valence-corrected chi connectivity index (χ0v) is 13.0. The molecule has 0 bridgehead atoms. The number of nitrogen functional groups attached to an aromatic ring is 1. The minimum Gasteiger partial charge on any atom is -0.375 e. The lowest BCUT2D eigenvalue weighted by molar-refractivity contribution is -0.119. The highest BCUT2D eigenvalue weighted by atomic mass is 32.2. The predicted octanol–water partition coefficient (Wildman–Crippen LogP) is 2.76. The number of nitrogens with zero attached hydrogens (tertiary/aromatic N) is 1. The fourth-order valence-corrected chi connectivity index (χ4v) is 4.08. The fourth-order valence-electron chi connectivity index (χ4n) is 2.51. The SMILES string of the molecule is CC1CCCC(NC(=O)CSc2cnc(N)s2)C1C. The van der Waals surface area contributed by atoms with Crippen molar-refractivity contribution in [3.8, 4) is 0 Å². The van der Waals surface area contributed by atoms with E-state index in [-0.39, 0.29) is 5.91 Å². The average molecular weight is 299 g/mol. The van der Waals surface area contributed by atoms with Gasteiger partial charge in [-0.3, -0.25) is 4.79 Å². The third-order valence-electron chi connectivity index (χ3n) is 3.90.